The van der Waals surface area contributed by atoms with E-state index in [1.54, 1.807) is 0 Å². The highest BCUT2D eigenvalue weighted by molar-refractivity contribution is 8.77. The van der Waals surface area contributed by atoms with Gasteiger partial charge in [-0.25, -0.2) is 0 Å². The van der Waals surface area contributed by atoms with Gasteiger partial charge >= 0.3 is 0 Å². The summed E-state index contributed by atoms with van der Waals surface area (Å²) < 4.78 is 0. The summed E-state index contributed by atoms with van der Waals surface area (Å²) in [4.78, 5) is 0.344. The van der Waals surface area contributed by atoms with E-state index in [4.69, 9.17) is 10.2 Å². The van der Waals surface area contributed by atoms with Crippen LogP contribution in [0.3, 0.4) is 0 Å². The van der Waals surface area contributed by atoms with Crippen LogP contribution in [0.2, 0.25) is 0 Å². The summed E-state index contributed by atoms with van der Waals surface area (Å²) >= 11 is 0. The minimum Gasteiger partial charge on any atom is -0.174 e. The number of nitrogens with zero attached hydrogens (tertiary/aromatic N) is 2. The molecule has 0 atom stereocenters. The Morgan fingerprint density at radius 3 is 1.25 bits per heavy atom. The van der Waals surface area contributed by atoms with Gasteiger partial charge in [-0.05, 0) is 25.7 Å². The lowest BCUT2D eigenvalue weighted by atomic mass is 9.94. The molecule has 1 aliphatic heterocycles. The molecule has 3 rings (SSSR count). The van der Waals surface area contributed by atoms with Crippen LogP contribution in [-0.2, 0) is 0 Å². The third-order valence-corrected chi connectivity index (χ3v) is 7.83. The van der Waals surface area contributed by atoms with Gasteiger partial charge in [0.05, 0.1) is 0 Å². The SMILES string of the molecule is C1CCC2(CC1)N=NC1(CCCCC1)SS2. The first-order chi connectivity index (χ1) is 7.83. The minimum absolute atomic E-state index is 0.172. The van der Waals surface area contributed by atoms with Gasteiger partial charge in [0.2, 0.25) is 0 Å². The van der Waals surface area contributed by atoms with Crippen LogP contribution in [0.5, 0.6) is 0 Å². The van der Waals surface area contributed by atoms with E-state index in [0.717, 1.165) is 0 Å². The van der Waals surface area contributed by atoms with Crippen LogP contribution in [0.4, 0.5) is 0 Å². The molecule has 0 radical (unpaired) electrons. The van der Waals surface area contributed by atoms with Gasteiger partial charge in [0.25, 0.3) is 0 Å². The summed E-state index contributed by atoms with van der Waals surface area (Å²) in [5, 5.41) is 9.53. The first kappa shape index (κ1) is 11.4. The van der Waals surface area contributed by atoms with Gasteiger partial charge in [-0.2, -0.15) is 10.2 Å². The number of azo groups is 1. The average Bonchev–Trinajstić information content (AvgIpc) is 2.36. The molecule has 16 heavy (non-hydrogen) atoms. The van der Waals surface area contributed by atoms with Gasteiger partial charge < -0.3 is 0 Å². The van der Waals surface area contributed by atoms with Crippen molar-refractivity contribution in [2.75, 3.05) is 0 Å². The summed E-state index contributed by atoms with van der Waals surface area (Å²) in [5.74, 6) is 0. The van der Waals surface area contributed by atoms with E-state index in [1.165, 1.54) is 64.2 Å². The van der Waals surface area contributed by atoms with Gasteiger partial charge in [0.15, 0.2) is 0 Å². The highest BCUT2D eigenvalue weighted by atomic mass is 33.1. The summed E-state index contributed by atoms with van der Waals surface area (Å²) in [6.07, 6.45) is 13.2. The number of hydrogen-bond donors (Lipinski definition) is 0. The van der Waals surface area contributed by atoms with Crippen molar-refractivity contribution in [2.24, 2.45) is 10.2 Å². The van der Waals surface area contributed by atoms with E-state index in [0.29, 0.717) is 0 Å². The standard InChI is InChI=1S/C12H20N2S2/c1-3-7-11(8-4-1)13-14-12(16-15-11)9-5-2-6-10-12/h1-10H2. The van der Waals surface area contributed by atoms with E-state index in [-0.39, 0.29) is 9.74 Å². The van der Waals surface area contributed by atoms with E-state index in [1.807, 2.05) is 21.6 Å². The monoisotopic (exact) mass is 256 g/mol. The molecule has 2 aliphatic carbocycles. The molecule has 0 bridgehead atoms. The maximum Gasteiger partial charge on any atom is 0.136 e. The number of hydrogen-bond acceptors (Lipinski definition) is 4. The molecule has 2 spiro atoms. The second-order valence-corrected chi connectivity index (χ2v) is 8.23. The zero-order valence-electron chi connectivity index (χ0n) is 9.78. The molecule has 0 aromatic heterocycles. The molecule has 2 fully saturated rings. The molecule has 2 saturated carbocycles. The second kappa shape index (κ2) is 4.52. The predicted molar refractivity (Wildman–Crippen MR) is 71.7 cm³/mol. The summed E-state index contributed by atoms with van der Waals surface area (Å²) in [7, 11) is 4.10. The molecular formula is C12H20N2S2. The van der Waals surface area contributed by atoms with E-state index in [2.05, 4.69) is 0 Å². The molecular weight excluding hydrogens is 236 g/mol. The largest absolute Gasteiger partial charge is 0.174 e. The van der Waals surface area contributed by atoms with Gasteiger partial charge in [0.1, 0.15) is 9.74 Å². The molecule has 0 unspecified atom stereocenters. The summed E-state index contributed by atoms with van der Waals surface area (Å²) in [5.41, 5.74) is 0. The molecule has 0 aromatic carbocycles. The van der Waals surface area contributed by atoms with Crippen molar-refractivity contribution in [1.82, 2.24) is 0 Å². The fourth-order valence-corrected chi connectivity index (χ4v) is 6.45. The summed E-state index contributed by atoms with van der Waals surface area (Å²) in [6.45, 7) is 0. The molecule has 0 aromatic rings. The molecule has 3 aliphatic rings. The lowest BCUT2D eigenvalue weighted by molar-refractivity contribution is 0.350. The van der Waals surface area contributed by atoms with E-state index in [9.17, 15) is 0 Å². The minimum atomic E-state index is 0.172. The van der Waals surface area contributed by atoms with Gasteiger partial charge in [-0.15, -0.1) is 0 Å². The van der Waals surface area contributed by atoms with E-state index < -0.39 is 0 Å². The zero-order chi connectivity index (χ0) is 10.9. The maximum atomic E-state index is 4.76. The van der Waals surface area contributed by atoms with Crippen LogP contribution >= 0.6 is 21.6 Å². The summed E-state index contributed by atoms with van der Waals surface area (Å²) in [6, 6.07) is 0. The van der Waals surface area contributed by atoms with Crippen molar-refractivity contribution in [1.29, 1.82) is 0 Å². The fourth-order valence-electron chi connectivity index (χ4n) is 2.95. The molecule has 90 valence electrons. The van der Waals surface area contributed by atoms with E-state index >= 15 is 0 Å². The Morgan fingerprint density at radius 1 is 0.562 bits per heavy atom. The van der Waals surface area contributed by atoms with Crippen LogP contribution in [0.15, 0.2) is 10.2 Å². The lowest BCUT2D eigenvalue weighted by Gasteiger charge is -2.41. The topological polar surface area (TPSA) is 24.7 Å². The Bertz CT molecular complexity index is 251. The Morgan fingerprint density at radius 2 is 0.938 bits per heavy atom. The van der Waals surface area contributed by atoms with Crippen LogP contribution in [0.1, 0.15) is 64.2 Å². The fraction of sp³-hybridized carbons (Fsp3) is 1.00. The Hall–Kier alpha value is 0.300. The van der Waals surface area contributed by atoms with Crippen molar-refractivity contribution in [3.63, 3.8) is 0 Å². The highest BCUT2D eigenvalue weighted by Crippen LogP contribution is 2.58. The van der Waals surface area contributed by atoms with Gasteiger partial charge in [0, 0.05) is 0 Å². The van der Waals surface area contributed by atoms with Crippen molar-refractivity contribution in [3.05, 3.63) is 0 Å². The first-order valence-electron chi connectivity index (χ1n) is 6.64. The van der Waals surface area contributed by atoms with Crippen LogP contribution < -0.4 is 0 Å². The maximum absolute atomic E-state index is 4.76. The number of rotatable bonds is 0. The zero-order valence-corrected chi connectivity index (χ0v) is 11.4. The van der Waals surface area contributed by atoms with Gasteiger partial charge in [-0.3, -0.25) is 0 Å². The highest BCUT2D eigenvalue weighted by Gasteiger charge is 2.44. The van der Waals surface area contributed by atoms with Crippen molar-refractivity contribution in [2.45, 2.75) is 74.0 Å². The first-order valence-corrected chi connectivity index (χ1v) is 8.79. The Labute approximate surface area is 106 Å². The molecule has 0 amide bonds. The van der Waals surface area contributed by atoms with Crippen molar-refractivity contribution < 1.29 is 0 Å². The van der Waals surface area contributed by atoms with Crippen molar-refractivity contribution in [3.8, 4) is 0 Å². The smallest absolute Gasteiger partial charge is 0.136 e. The predicted octanol–water partition coefficient (Wildman–Crippen LogP) is 5.15. The van der Waals surface area contributed by atoms with Crippen molar-refractivity contribution >= 4 is 21.6 Å². The lowest BCUT2D eigenvalue weighted by Crippen LogP contribution is -2.33. The molecule has 0 saturated heterocycles. The van der Waals surface area contributed by atoms with Crippen LogP contribution in [0, 0.1) is 0 Å². The third kappa shape index (κ3) is 2.15. The van der Waals surface area contributed by atoms with Crippen LogP contribution in [0.25, 0.3) is 0 Å². The Balaban J connectivity index is 1.73. The van der Waals surface area contributed by atoms with Gasteiger partial charge in [-0.1, -0.05) is 60.1 Å². The quantitative estimate of drug-likeness (QED) is 0.560. The Kier molecular flexibility index (Phi) is 3.22. The van der Waals surface area contributed by atoms with Crippen LogP contribution in [-0.4, -0.2) is 9.74 Å². The average molecular weight is 256 g/mol. The second-order valence-electron chi connectivity index (χ2n) is 5.38. The normalized spacial score (nSPS) is 32.0. The molecule has 4 heteroatoms. The molecule has 0 N–H and O–H groups in total. The third-order valence-electron chi connectivity index (χ3n) is 4.04. The molecule has 1 heterocycles. The molecule has 2 nitrogen and oxygen atoms in total.